The number of likely N-dealkylation sites (N-methyl/N-ethyl adjacent to an activating group) is 1. The van der Waals surface area contributed by atoms with Crippen molar-refractivity contribution in [3.63, 3.8) is 0 Å². The number of benzene rings is 2. The van der Waals surface area contributed by atoms with Crippen molar-refractivity contribution in [2.75, 3.05) is 38.1 Å². The molecule has 2 N–H and O–H groups in total. The predicted octanol–water partition coefficient (Wildman–Crippen LogP) is 4.59. The van der Waals surface area contributed by atoms with Crippen LogP contribution in [0.4, 0.5) is 10.1 Å². The van der Waals surface area contributed by atoms with Gasteiger partial charge >= 0.3 is 0 Å². The zero-order chi connectivity index (χ0) is 34.1. The van der Waals surface area contributed by atoms with Crippen molar-refractivity contribution >= 4 is 27.5 Å². The molecule has 4 rings (SSSR count). The van der Waals surface area contributed by atoms with Gasteiger partial charge in [-0.05, 0) is 87.7 Å². The van der Waals surface area contributed by atoms with Gasteiger partial charge in [-0.25, -0.2) is 12.8 Å². The van der Waals surface area contributed by atoms with Gasteiger partial charge in [0.25, 0.3) is 21.8 Å². The number of nitrogens with one attached hydrogen (secondary N) is 1. The van der Waals surface area contributed by atoms with Crippen molar-refractivity contribution in [3.05, 3.63) is 83.9 Å². The third-order valence-corrected chi connectivity index (χ3v) is 9.55. The maximum absolute atomic E-state index is 14.3. The third-order valence-electron chi connectivity index (χ3n) is 8.16. The van der Waals surface area contributed by atoms with Crippen LogP contribution in [-0.2, 0) is 14.8 Å². The Bertz CT molecular complexity index is 1610. The van der Waals surface area contributed by atoms with Crippen molar-refractivity contribution in [3.8, 4) is 5.75 Å². The number of aliphatic hydroxyl groups excluding tert-OH is 1. The lowest BCUT2D eigenvalue weighted by molar-refractivity contribution is -0.0149. The zero-order valence-corrected chi connectivity index (χ0v) is 28.0. The van der Waals surface area contributed by atoms with Crippen LogP contribution in [-0.4, -0.2) is 91.7 Å². The van der Waals surface area contributed by atoms with Crippen molar-refractivity contribution in [2.24, 2.45) is 5.92 Å². The van der Waals surface area contributed by atoms with Gasteiger partial charge in [-0.1, -0.05) is 6.92 Å². The van der Waals surface area contributed by atoms with E-state index in [1.807, 2.05) is 13.8 Å². The largest absolute Gasteiger partial charge is 0.490 e. The fourth-order valence-corrected chi connectivity index (χ4v) is 6.39. The van der Waals surface area contributed by atoms with E-state index in [0.29, 0.717) is 18.6 Å². The summed E-state index contributed by atoms with van der Waals surface area (Å²) in [7, 11) is -2.40. The minimum absolute atomic E-state index is 0.112. The van der Waals surface area contributed by atoms with E-state index in [9.17, 15) is 27.5 Å². The normalized spacial score (nSPS) is 20.3. The van der Waals surface area contributed by atoms with E-state index in [1.165, 1.54) is 17.0 Å². The number of carbonyl (C=O) groups excluding carboxylic acids is 2. The number of hydrogen-bond donors (Lipinski definition) is 2. The molecule has 0 saturated carbocycles. The second kappa shape index (κ2) is 16.2. The lowest BCUT2D eigenvalue weighted by Gasteiger charge is -2.36. The highest BCUT2D eigenvalue weighted by Crippen LogP contribution is 2.29. The summed E-state index contributed by atoms with van der Waals surface area (Å²) in [6.07, 6.45) is 4.64. The van der Waals surface area contributed by atoms with E-state index < -0.39 is 33.9 Å². The van der Waals surface area contributed by atoms with Gasteiger partial charge in [-0.2, -0.15) is 0 Å². The fourth-order valence-electron chi connectivity index (χ4n) is 5.34. The topological polar surface area (TPSA) is 138 Å². The highest BCUT2D eigenvalue weighted by Gasteiger charge is 2.31. The molecule has 0 fully saturated rings. The molecule has 13 heteroatoms. The molecule has 0 saturated heterocycles. The molecular weight excluding hydrogens is 627 g/mol. The van der Waals surface area contributed by atoms with Gasteiger partial charge in [0.15, 0.2) is 0 Å². The monoisotopic (exact) mass is 670 g/mol. The van der Waals surface area contributed by atoms with Crippen molar-refractivity contribution < 1.29 is 37.0 Å². The van der Waals surface area contributed by atoms with Crippen LogP contribution in [0.3, 0.4) is 0 Å². The van der Waals surface area contributed by atoms with Crippen LogP contribution >= 0.6 is 0 Å². The Balaban J connectivity index is 1.66. The van der Waals surface area contributed by atoms with Gasteiger partial charge in [0.2, 0.25) is 0 Å². The summed E-state index contributed by atoms with van der Waals surface area (Å²) in [4.78, 5) is 34.4. The van der Waals surface area contributed by atoms with Crippen LogP contribution in [0.25, 0.3) is 0 Å². The van der Waals surface area contributed by atoms with E-state index in [4.69, 9.17) is 9.47 Å². The standard InChI is InChI=1S/C34H43FN4O7S/c1-23-20-39(24(2)22-40)34(42)30-19-28(37-47(43,44)29-11-8-27(35)9-12-29)10-13-31(30)46-25(3)7-5-6-18-45-32(23)21-38(4)33(41)26-14-16-36-17-15-26/h8-17,19,23-25,32,37,40H,5-7,18,20-22H2,1-4H3/t23-,24-,25+,32-/m1/s1. The van der Waals surface area contributed by atoms with Gasteiger partial charge in [-0.3, -0.25) is 19.3 Å². The van der Waals surface area contributed by atoms with Crippen LogP contribution < -0.4 is 9.46 Å². The molecule has 0 bridgehead atoms. The molecule has 2 heterocycles. The summed E-state index contributed by atoms with van der Waals surface area (Å²) in [5.41, 5.74) is 0.724. The van der Waals surface area contributed by atoms with Crippen molar-refractivity contribution in [1.29, 1.82) is 0 Å². The molecule has 0 aliphatic carbocycles. The number of pyridine rings is 1. The Morgan fingerprint density at radius 2 is 1.83 bits per heavy atom. The Labute approximate surface area is 275 Å². The zero-order valence-electron chi connectivity index (χ0n) is 27.1. The second-order valence-electron chi connectivity index (χ2n) is 12.0. The number of carbonyl (C=O) groups is 2. The summed E-state index contributed by atoms with van der Waals surface area (Å²) in [5, 5.41) is 10.2. The summed E-state index contributed by atoms with van der Waals surface area (Å²) in [6, 6.07) is 11.6. The SMILES string of the molecule is C[C@@H]1CN([C@H](C)CO)C(=O)c2cc(NS(=O)(=O)c3ccc(F)cc3)ccc2O[C@@H](C)CCCCO[C@@H]1CN(C)C(=O)c1ccncc1. The van der Waals surface area contributed by atoms with Gasteiger partial charge in [-0.15, -0.1) is 0 Å². The Hall–Kier alpha value is -4.07. The van der Waals surface area contributed by atoms with Crippen LogP contribution in [0.2, 0.25) is 0 Å². The van der Waals surface area contributed by atoms with E-state index >= 15 is 0 Å². The number of sulfonamides is 1. The van der Waals surface area contributed by atoms with Crippen LogP contribution in [0.1, 0.15) is 60.7 Å². The second-order valence-corrected chi connectivity index (χ2v) is 13.7. The summed E-state index contributed by atoms with van der Waals surface area (Å²) in [6.45, 7) is 6.10. The number of hydrogen-bond acceptors (Lipinski definition) is 8. The van der Waals surface area contributed by atoms with E-state index in [1.54, 1.807) is 49.5 Å². The molecule has 0 spiro atoms. The smallest absolute Gasteiger partial charge is 0.261 e. The van der Waals surface area contributed by atoms with Gasteiger partial charge in [0.1, 0.15) is 11.6 Å². The molecule has 2 aromatic carbocycles. The Morgan fingerprint density at radius 1 is 1.13 bits per heavy atom. The fraction of sp³-hybridized carbons (Fsp3) is 0.441. The van der Waals surface area contributed by atoms with Crippen molar-refractivity contribution in [2.45, 2.75) is 63.2 Å². The first kappa shape index (κ1) is 35.8. The summed E-state index contributed by atoms with van der Waals surface area (Å²) < 4.78 is 54.6. The minimum atomic E-state index is -4.10. The number of rotatable bonds is 8. The highest BCUT2D eigenvalue weighted by molar-refractivity contribution is 7.92. The summed E-state index contributed by atoms with van der Waals surface area (Å²) in [5.74, 6) is -1.22. The minimum Gasteiger partial charge on any atom is -0.490 e. The van der Waals surface area contributed by atoms with Crippen LogP contribution in [0.15, 0.2) is 71.9 Å². The molecule has 4 atom stereocenters. The lowest BCUT2D eigenvalue weighted by atomic mass is 10.0. The Morgan fingerprint density at radius 3 is 2.51 bits per heavy atom. The molecule has 1 aliphatic rings. The third kappa shape index (κ3) is 9.49. The first-order valence-corrected chi connectivity index (χ1v) is 17.2. The number of aromatic nitrogens is 1. The molecular formula is C34H43FN4O7S. The maximum Gasteiger partial charge on any atom is 0.261 e. The quantitative estimate of drug-likeness (QED) is 0.355. The number of fused-ring (bicyclic) bond motifs is 1. The average Bonchev–Trinajstić information content (AvgIpc) is 3.06. The number of aliphatic hydroxyl groups is 1. The first-order chi connectivity index (χ1) is 22.4. The number of halogens is 1. The molecule has 2 amide bonds. The number of anilines is 1. The van der Waals surface area contributed by atoms with Crippen molar-refractivity contribution in [1.82, 2.24) is 14.8 Å². The molecule has 0 unspecified atom stereocenters. The lowest BCUT2D eigenvalue weighted by Crippen LogP contribution is -2.48. The molecule has 47 heavy (non-hydrogen) atoms. The maximum atomic E-state index is 14.3. The first-order valence-electron chi connectivity index (χ1n) is 15.7. The molecule has 1 aromatic heterocycles. The molecule has 0 radical (unpaired) electrons. The summed E-state index contributed by atoms with van der Waals surface area (Å²) >= 11 is 0. The molecule has 1 aliphatic heterocycles. The van der Waals surface area contributed by atoms with E-state index in [2.05, 4.69) is 9.71 Å². The van der Waals surface area contributed by atoms with Gasteiger partial charge in [0.05, 0.1) is 35.3 Å². The van der Waals surface area contributed by atoms with Gasteiger partial charge < -0.3 is 24.4 Å². The number of ether oxygens (including phenoxy) is 2. The predicted molar refractivity (Wildman–Crippen MR) is 175 cm³/mol. The van der Waals surface area contributed by atoms with E-state index in [0.717, 1.165) is 37.1 Å². The van der Waals surface area contributed by atoms with Crippen LogP contribution in [0.5, 0.6) is 5.75 Å². The molecule has 11 nitrogen and oxygen atoms in total. The highest BCUT2D eigenvalue weighted by atomic mass is 32.2. The molecule has 3 aromatic rings. The van der Waals surface area contributed by atoms with Crippen LogP contribution in [0, 0.1) is 11.7 Å². The molecule has 254 valence electrons. The Kier molecular flexibility index (Phi) is 12.3. The average molecular weight is 671 g/mol. The number of amides is 2. The number of nitrogens with zero attached hydrogens (tertiary/aromatic N) is 3. The van der Waals surface area contributed by atoms with Gasteiger partial charge in [0, 0.05) is 56.3 Å². The van der Waals surface area contributed by atoms with E-state index in [-0.39, 0.29) is 59.5 Å².